The zero-order chi connectivity index (χ0) is 10.7. The molecule has 1 unspecified atom stereocenters. The van der Waals surface area contributed by atoms with Gasteiger partial charge in [-0.15, -0.1) is 15.0 Å². The summed E-state index contributed by atoms with van der Waals surface area (Å²) in [6, 6.07) is 0. The normalized spacial score (nSPS) is 13.9. The number of aromatic nitrogens is 4. The Kier molecular flexibility index (Phi) is 3.57. The first-order chi connectivity index (χ1) is 6.50. The summed E-state index contributed by atoms with van der Waals surface area (Å²) in [5.41, 5.74) is 0. The van der Waals surface area contributed by atoms with Crippen molar-refractivity contribution in [2.75, 3.05) is 0 Å². The molecule has 1 aromatic rings. The summed E-state index contributed by atoms with van der Waals surface area (Å²) in [6.45, 7) is 8.02. The first-order valence-corrected chi connectivity index (χ1v) is 4.97. The molecule has 5 heteroatoms. The van der Waals surface area contributed by atoms with Gasteiger partial charge in [0.1, 0.15) is 0 Å². The first kappa shape index (κ1) is 11.1. The smallest absolute Gasteiger partial charge is 0.175 e. The Morgan fingerprint density at radius 1 is 1.29 bits per heavy atom. The molecule has 0 amide bonds. The number of nitrogens with zero attached hydrogens (tertiary/aromatic N) is 4. The lowest BCUT2D eigenvalue weighted by Crippen LogP contribution is -2.17. The molecule has 0 radical (unpaired) electrons. The van der Waals surface area contributed by atoms with Gasteiger partial charge in [-0.05, 0) is 11.1 Å². The minimum atomic E-state index is -0.677. The molecule has 14 heavy (non-hydrogen) atoms. The maximum atomic E-state index is 9.64. The van der Waals surface area contributed by atoms with Gasteiger partial charge in [0.2, 0.25) is 0 Å². The van der Waals surface area contributed by atoms with Crippen molar-refractivity contribution in [2.24, 2.45) is 11.8 Å². The highest BCUT2D eigenvalue weighted by Gasteiger charge is 2.15. The predicted molar refractivity (Wildman–Crippen MR) is 52.5 cm³/mol. The van der Waals surface area contributed by atoms with Gasteiger partial charge < -0.3 is 5.11 Å². The molecule has 1 atom stereocenters. The van der Waals surface area contributed by atoms with Crippen LogP contribution in [0.1, 0.15) is 39.7 Å². The quantitative estimate of drug-likeness (QED) is 0.784. The Labute approximate surface area is 84.1 Å². The molecular formula is C9H18N4O. The van der Waals surface area contributed by atoms with Crippen molar-refractivity contribution in [2.45, 2.75) is 40.3 Å². The molecule has 1 aromatic heterocycles. The van der Waals surface area contributed by atoms with Crippen LogP contribution in [0.15, 0.2) is 0 Å². The van der Waals surface area contributed by atoms with Crippen molar-refractivity contribution >= 4 is 0 Å². The van der Waals surface area contributed by atoms with E-state index < -0.39 is 6.23 Å². The van der Waals surface area contributed by atoms with E-state index in [2.05, 4.69) is 29.3 Å². The molecule has 1 N–H and O–H groups in total. The van der Waals surface area contributed by atoms with Crippen LogP contribution in [0.4, 0.5) is 0 Å². The predicted octanol–water partition coefficient (Wildman–Crippen LogP) is 1.02. The van der Waals surface area contributed by atoms with Crippen LogP contribution in [0.5, 0.6) is 0 Å². The number of hydrogen-bond donors (Lipinski definition) is 1. The van der Waals surface area contributed by atoms with E-state index in [1.165, 1.54) is 4.80 Å². The van der Waals surface area contributed by atoms with Gasteiger partial charge in [0.05, 0.1) is 0 Å². The monoisotopic (exact) mass is 198 g/mol. The van der Waals surface area contributed by atoms with Crippen molar-refractivity contribution < 1.29 is 5.11 Å². The molecule has 0 spiro atoms. The van der Waals surface area contributed by atoms with Crippen LogP contribution >= 0.6 is 0 Å². The average Bonchev–Trinajstić information content (AvgIpc) is 2.50. The molecule has 0 saturated carbocycles. The summed E-state index contributed by atoms with van der Waals surface area (Å²) in [5.74, 6) is 1.29. The number of rotatable bonds is 4. The number of tetrazole rings is 1. The Morgan fingerprint density at radius 3 is 2.43 bits per heavy atom. The highest BCUT2D eigenvalue weighted by atomic mass is 16.3. The molecule has 0 saturated heterocycles. The van der Waals surface area contributed by atoms with E-state index in [1.807, 2.05) is 13.8 Å². The minimum absolute atomic E-state index is 0.0936. The number of aliphatic hydroxyl groups is 1. The van der Waals surface area contributed by atoms with E-state index >= 15 is 0 Å². The molecule has 0 aliphatic heterocycles. The summed E-state index contributed by atoms with van der Waals surface area (Å²) in [4.78, 5) is 1.28. The lowest BCUT2D eigenvalue weighted by Gasteiger charge is -2.11. The standard InChI is InChI=1S/C9H18N4O/c1-6(2)5-8-10-12-13(11-8)9(14)7(3)4/h6-7,9,14H,5H2,1-4H3. The van der Waals surface area contributed by atoms with Crippen LogP contribution in [-0.4, -0.2) is 25.3 Å². The molecule has 5 nitrogen and oxygen atoms in total. The van der Waals surface area contributed by atoms with Gasteiger partial charge in [0.15, 0.2) is 12.1 Å². The largest absolute Gasteiger partial charge is 0.370 e. The minimum Gasteiger partial charge on any atom is -0.370 e. The molecule has 0 fully saturated rings. The van der Waals surface area contributed by atoms with Gasteiger partial charge in [-0.25, -0.2) is 0 Å². The molecular weight excluding hydrogens is 180 g/mol. The fourth-order valence-corrected chi connectivity index (χ4v) is 1.08. The highest BCUT2D eigenvalue weighted by molar-refractivity contribution is 4.78. The fourth-order valence-electron chi connectivity index (χ4n) is 1.08. The molecule has 0 aliphatic rings. The first-order valence-electron chi connectivity index (χ1n) is 4.97. The number of aliphatic hydroxyl groups excluding tert-OH is 1. The van der Waals surface area contributed by atoms with Crippen LogP contribution in [0.25, 0.3) is 0 Å². The summed E-state index contributed by atoms with van der Waals surface area (Å²) in [7, 11) is 0. The van der Waals surface area contributed by atoms with Crippen LogP contribution in [0.2, 0.25) is 0 Å². The van der Waals surface area contributed by atoms with E-state index in [0.29, 0.717) is 11.7 Å². The molecule has 0 aromatic carbocycles. The van der Waals surface area contributed by atoms with Gasteiger partial charge in [-0.3, -0.25) is 0 Å². The van der Waals surface area contributed by atoms with E-state index in [4.69, 9.17) is 0 Å². The van der Waals surface area contributed by atoms with Gasteiger partial charge in [0, 0.05) is 12.3 Å². The Morgan fingerprint density at radius 2 is 1.93 bits per heavy atom. The lowest BCUT2D eigenvalue weighted by atomic mass is 10.1. The van der Waals surface area contributed by atoms with E-state index in [0.717, 1.165) is 6.42 Å². The maximum Gasteiger partial charge on any atom is 0.175 e. The van der Waals surface area contributed by atoms with Gasteiger partial charge in [-0.2, -0.15) is 0 Å². The van der Waals surface area contributed by atoms with E-state index in [-0.39, 0.29) is 5.92 Å². The van der Waals surface area contributed by atoms with E-state index in [1.54, 1.807) is 0 Å². The Balaban J connectivity index is 2.67. The summed E-state index contributed by atoms with van der Waals surface area (Å²) >= 11 is 0. The molecule has 0 bridgehead atoms. The SMILES string of the molecule is CC(C)Cc1nnn(C(O)C(C)C)n1. The third-order valence-electron chi connectivity index (χ3n) is 1.89. The van der Waals surface area contributed by atoms with E-state index in [9.17, 15) is 5.11 Å². The van der Waals surface area contributed by atoms with Crippen LogP contribution in [0, 0.1) is 11.8 Å². The van der Waals surface area contributed by atoms with Gasteiger partial charge >= 0.3 is 0 Å². The topological polar surface area (TPSA) is 63.8 Å². The zero-order valence-electron chi connectivity index (χ0n) is 9.18. The summed E-state index contributed by atoms with van der Waals surface area (Å²) < 4.78 is 0. The molecule has 80 valence electrons. The molecule has 1 heterocycles. The Hall–Kier alpha value is -0.970. The lowest BCUT2D eigenvalue weighted by molar-refractivity contribution is 0.0297. The van der Waals surface area contributed by atoms with Crippen molar-refractivity contribution in [1.82, 2.24) is 20.2 Å². The third-order valence-corrected chi connectivity index (χ3v) is 1.89. The average molecular weight is 198 g/mol. The zero-order valence-corrected chi connectivity index (χ0v) is 9.18. The van der Waals surface area contributed by atoms with Crippen molar-refractivity contribution in [3.8, 4) is 0 Å². The third kappa shape index (κ3) is 2.77. The fraction of sp³-hybridized carbons (Fsp3) is 0.889. The molecule has 0 aliphatic carbocycles. The second kappa shape index (κ2) is 4.50. The summed E-state index contributed by atoms with van der Waals surface area (Å²) in [5, 5.41) is 21.5. The van der Waals surface area contributed by atoms with Crippen molar-refractivity contribution in [1.29, 1.82) is 0 Å². The van der Waals surface area contributed by atoms with Gasteiger partial charge in [0.25, 0.3) is 0 Å². The Bertz CT molecular complexity index is 282. The van der Waals surface area contributed by atoms with Crippen molar-refractivity contribution in [3.63, 3.8) is 0 Å². The van der Waals surface area contributed by atoms with Crippen LogP contribution in [-0.2, 0) is 6.42 Å². The number of hydrogen-bond acceptors (Lipinski definition) is 4. The second-order valence-electron chi connectivity index (χ2n) is 4.28. The highest BCUT2D eigenvalue weighted by Crippen LogP contribution is 2.11. The second-order valence-corrected chi connectivity index (χ2v) is 4.28. The van der Waals surface area contributed by atoms with Crippen LogP contribution in [0.3, 0.4) is 0 Å². The summed E-state index contributed by atoms with van der Waals surface area (Å²) in [6.07, 6.45) is 0.119. The van der Waals surface area contributed by atoms with Gasteiger partial charge in [-0.1, -0.05) is 27.7 Å². The maximum absolute atomic E-state index is 9.64. The van der Waals surface area contributed by atoms with Crippen molar-refractivity contribution in [3.05, 3.63) is 5.82 Å². The molecule has 1 rings (SSSR count). The van der Waals surface area contributed by atoms with Crippen LogP contribution < -0.4 is 0 Å².